The maximum atomic E-state index is 12.3. The molecular formula is C18H20N4O3S. The molecular weight excluding hydrogens is 352 g/mol. The molecule has 1 aromatic heterocycles. The summed E-state index contributed by atoms with van der Waals surface area (Å²) in [7, 11) is -3.33. The first-order chi connectivity index (χ1) is 12.4. The van der Waals surface area contributed by atoms with Gasteiger partial charge in [-0.2, -0.15) is 0 Å². The quantitative estimate of drug-likeness (QED) is 0.618. The molecule has 3 rings (SSSR count). The standard InChI is InChI=1S/C18H20N4O3S/c1-3-26(24,25)22-15-7-5-14(6-8-15)18(23)19-11-13-4-9-16-17(10-13)21-12(2)20-16/h4-10,22H,3,11H2,1-2H3,(H,19,23)(H,20,21). The predicted molar refractivity (Wildman–Crippen MR) is 102 cm³/mol. The number of imidazole rings is 1. The van der Waals surface area contributed by atoms with E-state index in [1.54, 1.807) is 31.2 Å². The summed E-state index contributed by atoms with van der Waals surface area (Å²) in [6.45, 7) is 3.84. The van der Waals surface area contributed by atoms with Gasteiger partial charge >= 0.3 is 0 Å². The van der Waals surface area contributed by atoms with Gasteiger partial charge in [0.05, 0.1) is 16.8 Å². The summed E-state index contributed by atoms with van der Waals surface area (Å²) in [5.41, 5.74) is 3.68. The Morgan fingerprint density at radius 3 is 2.58 bits per heavy atom. The number of nitrogens with one attached hydrogen (secondary N) is 3. The Labute approximate surface area is 151 Å². The van der Waals surface area contributed by atoms with Crippen molar-refractivity contribution in [3.63, 3.8) is 0 Å². The minimum atomic E-state index is -3.33. The molecule has 7 nitrogen and oxygen atoms in total. The maximum absolute atomic E-state index is 12.3. The number of hydrogen-bond donors (Lipinski definition) is 3. The summed E-state index contributed by atoms with van der Waals surface area (Å²) >= 11 is 0. The van der Waals surface area contributed by atoms with Crippen molar-refractivity contribution in [2.24, 2.45) is 0 Å². The molecule has 0 unspecified atom stereocenters. The van der Waals surface area contributed by atoms with Gasteiger partial charge in [-0.3, -0.25) is 9.52 Å². The molecule has 0 saturated carbocycles. The average molecular weight is 372 g/mol. The van der Waals surface area contributed by atoms with Crippen LogP contribution in [0.5, 0.6) is 0 Å². The number of nitrogens with zero attached hydrogens (tertiary/aromatic N) is 1. The molecule has 0 saturated heterocycles. The van der Waals surface area contributed by atoms with Gasteiger partial charge in [0.2, 0.25) is 10.0 Å². The second-order valence-corrected chi connectivity index (χ2v) is 7.95. The first-order valence-corrected chi connectivity index (χ1v) is 9.85. The van der Waals surface area contributed by atoms with E-state index in [1.165, 1.54) is 0 Å². The lowest BCUT2D eigenvalue weighted by atomic mass is 10.1. The Balaban J connectivity index is 1.63. The highest BCUT2D eigenvalue weighted by atomic mass is 32.2. The number of carbonyl (C=O) groups is 1. The Bertz CT molecular complexity index is 1040. The van der Waals surface area contributed by atoms with E-state index in [0.29, 0.717) is 17.8 Å². The number of carbonyl (C=O) groups excluding carboxylic acids is 1. The van der Waals surface area contributed by atoms with Crippen molar-refractivity contribution in [2.75, 3.05) is 10.5 Å². The average Bonchev–Trinajstić information content (AvgIpc) is 2.99. The molecule has 0 aliphatic rings. The number of H-pyrrole nitrogens is 1. The predicted octanol–water partition coefficient (Wildman–Crippen LogP) is 2.56. The van der Waals surface area contributed by atoms with Crippen LogP contribution in [-0.2, 0) is 16.6 Å². The number of fused-ring (bicyclic) bond motifs is 1. The van der Waals surface area contributed by atoms with Crippen LogP contribution in [0.4, 0.5) is 5.69 Å². The Kier molecular flexibility index (Phi) is 4.94. The third-order valence-corrected chi connectivity index (χ3v) is 5.23. The number of aryl methyl sites for hydroxylation is 1. The van der Waals surface area contributed by atoms with Gasteiger partial charge in [0.15, 0.2) is 0 Å². The Hall–Kier alpha value is -2.87. The van der Waals surface area contributed by atoms with Crippen LogP contribution in [0.25, 0.3) is 11.0 Å². The van der Waals surface area contributed by atoms with Gasteiger partial charge in [-0.15, -0.1) is 0 Å². The lowest BCUT2D eigenvalue weighted by Crippen LogP contribution is -2.22. The maximum Gasteiger partial charge on any atom is 0.251 e. The van der Waals surface area contributed by atoms with E-state index in [-0.39, 0.29) is 11.7 Å². The van der Waals surface area contributed by atoms with Crippen molar-refractivity contribution in [1.82, 2.24) is 15.3 Å². The summed E-state index contributed by atoms with van der Waals surface area (Å²) in [4.78, 5) is 19.8. The van der Waals surface area contributed by atoms with Crippen molar-refractivity contribution in [2.45, 2.75) is 20.4 Å². The van der Waals surface area contributed by atoms with E-state index in [2.05, 4.69) is 20.0 Å². The number of aromatic amines is 1. The molecule has 0 aliphatic carbocycles. The zero-order chi connectivity index (χ0) is 18.7. The van der Waals surface area contributed by atoms with E-state index in [0.717, 1.165) is 22.4 Å². The largest absolute Gasteiger partial charge is 0.348 e. The number of amides is 1. The van der Waals surface area contributed by atoms with E-state index < -0.39 is 10.0 Å². The molecule has 0 atom stereocenters. The van der Waals surface area contributed by atoms with Crippen LogP contribution in [-0.4, -0.2) is 30.0 Å². The second-order valence-electron chi connectivity index (χ2n) is 5.94. The van der Waals surface area contributed by atoms with E-state index in [1.807, 2.05) is 25.1 Å². The van der Waals surface area contributed by atoms with Gasteiger partial charge in [0.25, 0.3) is 5.91 Å². The number of benzene rings is 2. The molecule has 0 fully saturated rings. The molecule has 8 heteroatoms. The van der Waals surface area contributed by atoms with Crippen LogP contribution in [0.2, 0.25) is 0 Å². The van der Waals surface area contributed by atoms with E-state index >= 15 is 0 Å². The SMILES string of the molecule is CCS(=O)(=O)Nc1ccc(C(=O)NCc2ccc3nc(C)[nH]c3c2)cc1. The number of rotatable bonds is 6. The van der Waals surface area contributed by atoms with Gasteiger partial charge in [-0.1, -0.05) is 6.07 Å². The van der Waals surface area contributed by atoms with Crippen LogP contribution in [0.3, 0.4) is 0 Å². The molecule has 0 aliphatic heterocycles. The number of sulfonamides is 1. The van der Waals surface area contributed by atoms with Crippen LogP contribution < -0.4 is 10.0 Å². The van der Waals surface area contributed by atoms with Gasteiger partial charge < -0.3 is 10.3 Å². The Morgan fingerprint density at radius 1 is 1.15 bits per heavy atom. The summed E-state index contributed by atoms with van der Waals surface area (Å²) < 4.78 is 25.5. The number of aromatic nitrogens is 2. The number of anilines is 1. The fourth-order valence-corrected chi connectivity index (χ4v) is 3.16. The molecule has 2 aromatic carbocycles. The first kappa shape index (κ1) is 17.9. The van der Waals surface area contributed by atoms with Crippen LogP contribution in [0, 0.1) is 6.92 Å². The summed E-state index contributed by atoms with van der Waals surface area (Å²) in [5.74, 6) is 0.617. The molecule has 26 heavy (non-hydrogen) atoms. The lowest BCUT2D eigenvalue weighted by Gasteiger charge is -2.08. The zero-order valence-corrected chi connectivity index (χ0v) is 15.4. The molecule has 0 bridgehead atoms. The highest BCUT2D eigenvalue weighted by Crippen LogP contribution is 2.14. The lowest BCUT2D eigenvalue weighted by molar-refractivity contribution is 0.0951. The van der Waals surface area contributed by atoms with Gasteiger partial charge in [0, 0.05) is 17.8 Å². The van der Waals surface area contributed by atoms with Crippen LogP contribution >= 0.6 is 0 Å². The van der Waals surface area contributed by atoms with Crippen molar-refractivity contribution in [3.8, 4) is 0 Å². The van der Waals surface area contributed by atoms with Crippen molar-refractivity contribution < 1.29 is 13.2 Å². The normalized spacial score (nSPS) is 11.5. The molecule has 1 amide bonds. The summed E-state index contributed by atoms with van der Waals surface area (Å²) in [6.07, 6.45) is 0. The smallest absolute Gasteiger partial charge is 0.251 e. The molecule has 3 N–H and O–H groups in total. The third kappa shape index (κ3) is 4.20. The third-order valence-electron chi connectivity index (χ3n) is 3.92. The minimum Gasteiger partial charge on any atom is -0.348 e. The topological polar surface area (TPSA) is 104 Å². The summed E-state index contributed by atoms with van der Waals surface area (Å²) in [5, 5.41) is 2.85. The van der Waals surface area contributed by atoms with E-state index in [9.17, 15) is 13.2 Å². The monoisotopic (exact) mass is 372 g/mol. The molecule has 136 valence electrons. The second kappa shape index (κ2) is 7.17. The first-order valence-electron chi connectivity index (χ1n) is 8.20. The van der Waals surface area contributed by atoms with E-state index in [4.69, 9.17) is 0 Å². The van der Waals surface area contributed by atoms with Gasteiger partial charge in [0.1, 0.15) is 5.82 Å². The minimum absolute atomic E-state index is 0.00453. The molecule has 1 heterocycles. The molecule has 3 aromatic rings. The van der Waals surface area contributed by atoms with Crippen LogP contribution in [0.15, 0.2) is 42.5 Å². The zero-order valence-electron chi connectivity index (χ0n) is 14.5. The Morgan fingerprint density at radius 2 is 1.88 bits per heavy atom. The van der Waals surface area contributed by atoms with Gasteiger partial charge in [-0.05, 0) is 55.8 Å². The fraction of sp³-hybridized carbons (Fsp3) is 0.222. The van der Waals surface area contributed by atoms with Crippen molar-refractivity contribution >= 4 is 32.7 Å². The highest BCUT2D eigenvalue weighted by molar-refractivity contribution is 7.92. The van der Waals surface area contributed by atoms with Crippen molar-refractivity contribution in [1.29, 1.82) is 0 Å². The highest BCUT2D eigenvalue weighted by Gasteiger charge is 2.09. The van der Waals surface area contributed by atoms with Crippen molar-refractivity contribution in [3.05, 3.63) is 59.4 Å². The molecule has 0 spiro atoms. The fourth-order valence-electron chi connectivity index (χ4n) is 2.52. The van der Waals surface area contributed by atoms with Gasteiger partial charge in [-0.25, -0.2) is 13.4 Å². The number of hydrogen-bond acceptors (Lipinski definition) is 4. The summed E-state index contributed by atoms with van der Waals surface area (Å²) in [6, 6.07) is 12.1. The van der Waals surface area contributed by atoms with Crippen LogP contribution in [0.1, 0.15) is 28.7 Å². The molecule has 0 radical (unpaired) electrons.